The number of nitrogen functional groups attached to an aromatic ring is 1. The molecule has 3 aromatic carbocycles. The number of nitrogens with two attached hydrogens (primary N) is 1. The van der Waals surface area contributed by atoms with Crippen molar-refractivity contribution in [1.82, 2.24) is 0 Å². The van der Waals surface area contributed by atoms with Gasteiger partial charge in [-0.25, -0.2) is 0 Å². The Balaban J connectivity index is 2.27. The van der Waals surface area contributed by atoms with E-state index in [1.165, 1.54) is 0 Å². The van der Waals surface area contributed by atoms with Crippen LogP contribution in [0.25, 0.3) is 0 Å². The smallest absolute Gasteiger partial charge is 0.169 e. The maximum Gasteiger partial charge on any atom is 0.169 e. The summed E-state index contributed by atoms with van der Waals surface area (Å²) in [6.07, 6.45) is 0. The van der Waals surface area contributed by atoms with E-state index in [9.17, 15) is 0 Å². The first-order valence-corrected chi connectivity index (χ1v) is 10.3. The fourth-order valence-corrected chi connectivity index (χ4v) is 4.33. The molecular formula is C23H27NOSi. The molecule has 0 aliphatic rings. The lowest BCUT2D eigenvalue weighted by Crippen LogP contribution is -2.36. The van der Waals surface area contributed by atoms with Crippen molar-refractivity contribution in [2.75, 3.05) is 5.73 Å². The molecular weight excluding hydrogens is 334 g/mol. The Morgan fingerprint density at radius 1 is 0.692 bits per heavy atom. The third kappa shape index (κ3) is 3.90. The molecule has 0 amide bonds. The lowest BCUT2D eigenvalue weighted by Gasteiger charge is -2.38. The predicted octanol–water partition coefficient (Wildman–Crippen LogP) is 4.88. The minimum Gasteiger partial charge on any atom is -0.406 e. The molecule has 134 valence electrons. The second-order valence-corrected chi connectivity index (χ2v) is 10.6. The zero-order chi connectivity index (χ0) is 18.6. The number of hydrogen-bond acceptors (Lipinski definition) is 2. The van der Waals surface area contributed by atoms with Crippen molar-refractivity contribution in [3.8, 4) is 0 Å². The molecule has 0 heterocycles. The Morgan fingerprint density at radius 2 is 1.19 bits per heavy atom. The highest BCUT2D eigenvalue weighted by atomic mass is 28.2. The van der Waals surface area contributed by atoms with Gasteiger partial charge in [0.2, 0.25) is 0 Å². The van der Waals surface area contributed by atoms with Crippen LogP contribution in [0.3, 0.4) is 0 Å². The molecule has 0 unspecified atom stereocenters. The van der Waals surface area contributed by atoms with Gasteiger partial charge in [-0.2, -0.15) is 0 Å². The monoisotopic (exact) mass is 361 g/mol. The zero-order valence-corrected chi connectivity index (χ0v) is 17.2. The number of benzene rings is 3. The van der Waals surface area contributed by atoms with E-state index in [2.05, 4.69) is 75.4 Å². The van der Waals surface area contributed by atoms with Gasteiger partial charge in [-0.1, -0.05) is 93.6 Å². The van der Waals surface area contributed by atoms with Crippen LogP contribution in [0, 0.1) is 0 Å². The van der Waals surface area contributed by atoms with Gasteiger partial charge in [0.25, 0.3) is 0 Å². The maximum atomic E-state index is 6.89. The first-order valence-electron chi connectivity index (χ1n) is 9.03. The molecule has 3 heteroatoms. The summed E-state index contributed by atoms with van der Waals surface area (Å²) in [5, 5.41) is 0.176. The number of hydrogen-bond donors (Lipinski definition) is 1. The third-order valence-electron chi connectivity index (χ3n) is 4.38. The molecule has 26 heavy (non-hydrogen) atoms. The summed E-state index contributed by atoms with van der Waals surface area (Å²) in [6.45, 7) is 6.75. The van der Waals surface area contributed by atoms with Crippen molar-refractivity contribution in [3.63, 3.8) is 0 Å². The van der Waals surface area contributed by atoms with Gasteiger partial charge < -0.3 is 10.2 Å². The topological polar surface area (TPSA) is 35.2 Å². The summed E-state index contributed by atoms with van der Waals surface area (Å²) in [4.78, 5) is 0. The Labute approximate surface area is 159 Å². The van der Waals surface area contributed by atoms with Crippen LogP contribution in [0.4, 0.5) is 5.69 Å². The minimum atomic E-state index is -0.839. The van der Waals surface area contributed by atoms with E-state index in [1.54, 1.807) is 0 Å². The summed E-state index contributed by atoms with van der Waals surface area (Å²) in [7, 11) is -0.839. The van der Waals surface area contributed by atoms with Crippen molar-refractivity contribution in [2.45, 2.75) is 31.4 Å². The molecule has 0 fully saturated rings. The first kappa shape index (κ1) is 18.4. The van der Waals surface area contributed by atoms with Crippen molar-refractivity contribution in [1.29, 1.82) is 0 Å². The van der Waals surface area contributed by atoms with Gasteiger partial charge in [-0.3, -0.25) is 0 Å². The highest BCUT2D eigenvalue weighted by Gasteiger charge is 2.38. The molecule has 2 nitrogen and oxygen atoms in total. The van der Waals surface area contributed by atoms with Gasteiger partial charge >= 0.3 is 0 Å². The van der Waals surface area contributed by atoms with Gasteiger partial charge in [0, 0.05) is 5.69 Å². The Bertz CT molecular complexity index is 801. The molecule has 0 spiro atoms. The van der Waals surface area contributed by atoms with E-state index >= 15 is 0 Å². The van der Waals surface area contributed by atoms with Gasteiger partial charge in [0.15, 0.2) is 9.76 Å². The molecule has 0 atom stereocenters. The lowest BCUT2D eigenvalue weighted by atomic mass is 9.80. The first-order chi connectivity index (χ1) is 12.4. The Hall–Kier alpha value is -2.36. The summed E-state index contributed by atoms with van der Waals surface area (Å²) in [6, 6.07) is 29.0. The van der Waals surface area contributed by atoms with Gasteiger partial charge in [-0.15, -0.1) is 0 Å². The molecule has 0 bridgehead atoms. The van der Waals surface area contributed by atoms with Crippen molar-refractivity contribution in [3.05, 3.63) is 102 Å². The lowest BCUT2D eigenvalue weighted by molar-refractivity contribution is 0.157. The average molecular weight is 362 g/mol. The number of rotatable bonds is 5. The molecule has 0 aliphatic heterocycles. The van der Waals surface area contributed by atoms with Crippen molar-refractivity contribution < 1.29 is 4.43 Å². The van der Waals surface area contributed by atoms with Crippen LogP contribution in [0.1, 0.15) is 37.5 Å². The van der Waals surface area contributed by atoms with Crippen LogP contribution in [0.5, 0.6) is 0 Å². The zero-order valence-electron chi connectivity index (χ0n) is 15.8. The SMILES string of the molecule is CC(C)(C)[SiH2]OC(c1ccccc1)(c1ccccc1)c1cccc(N)c1. The Kier molecular flexibility index (Phi) is 5.30. The van der Waals surface area contributed by atoms with Gasteiger partial charge in [-0.05, 0) is 33.9 Å². The van der Waals surface area contributed by atoms with Crippen LogP contribution in [-0.4, -0.2) is 9.76 Å². The van der Waals surface area contributed by atoms with Crippen LogP contribution in [0.15, 0.2) is 84.9 Å². The average Bonchev–Trinajstić information content (AvgIpc) is 2.63. The second kappa shape index (κ2) is 7.48. The third-order valence-corrected chi connectivity index (χ3v) is 5.82. The summed E-state index contributed by atoms with van der Waals surface area (Å²) >= 11 is 0. The molecule has 0 aliphatic carbocycles. The van der Waals surface area contributed by atoms with E-state index in [1.807, 2.05) is 30.3 Å². The summed E-state index contributed by atoms with van der Waals surface area (Å²) < 4.78 is 6.89. The van der Waals surface area contributed by atoms with Gasteiger partial charge in [0.1, 0.15) is 5.60 Å². The van der Waals surface area contributed by atoms with E-state index in [4.69, 9.17) is 10.2 Å². The van der Waals surface area contributed by atoms with Gasteiger partial charge in [0.05, 0.1) is 0 Å². The quantitative estimate of drug-likeness (QED) is 0.399. The van der Waals surface area contributed by atoms with E-state index in [-0.39, 0.29) is 5.04 Å². The van der Waals surface area contributed by atoms with E-state index in [0.717, 1.165) is 22.4 Å². The molecule has 3 rings (SSSR count). The van der Waals surface area contributed by atoms with E-state index < -0.39 is 15.4 Å². The fourth-order valence-electron chi connectivity index (χ4n) is 3.18. The summed E-state index contributed by atoms with van der Waals surface area (Å²) in [5.74, 6) is 0. The largest absolute Gasteiger partial charge is 0.406 e. The molecule has 2 N–H and O–H groups in total. The molecule has 0 saturated heterocycles. The van der Waals surface area contributed by atoms with Crippen LogP contribution >= 0.6 is 0 Å². The van der Waals surface area contributed by atoms with Crippen LogP contribution < -0.4 is 5.73 Å². The molecule has 0 saturated carbocycles. The fraction of sp³-hybridized carbons (Fsp3) is 0.217. The van der Waals surface area contributed by atoms with Crippen LogP contribution in [-0.2, 0) is 10.0 Å². The molecule has 0 aromatic heterocycles. The highest BCUT2D eigenvalue weighted by Crippen LogP contribution is 2.42. The molecule has 3 aromatic rings. The summed E-state index contributed by atoms with van der Waals surface area (Å²) in [5.41, 5.74) is 9.60. The normalized spacial score (nSPS) is 12.6. The Morgan fingerprint density at radius 3 is 1.65 bits per heavy atom. The minimum absolute atomic E-state index is 0.176. The number of anilines is 1. The van der Waals surface area contributed by atoms with Crippen molar-refractivity contribution in [2.24, 2.45) is 0 Å². The van der Waals surface area contributed by atoms with E-state index in [0.29, 0.717) is 0 Å². The van der Waals surface area contributed by atoms with Crippen molar-refractivity contribution >= 4 is 15.5 Å². The van der Waals surface area contributed by atoms with Crippen LogP contribution in [0.2, 0.25) is 5.04 Å². The maximum absolute atomic E-state index is 6.89. The second-order valence-electron chi connectivity index (χ2n) is 7.89. The highest BCUT2D eigenvalue weighted by molar-refractivity contribution is 6.32. The molecule has 0 radical (unpaired) electrons. The standard InChI is InChI=1S/C23H27NOSi/c1-22(2,3)26-25-23(18-11-6-4-7-12-18,19-13-8-5-9-14-19)20-15-10-16-21(24)17-20/h4-17H,24,26H2,1-3H3. The predicted molar refractivity (Wildman–Crippen MR) is 113 cm³/mol.